The summed E-state index contributed by atoms with van der Waals surface area (Å²) in [5.74, 6) is 1.83. The smallest absolute Gasteiger partial charge is 0.122 e. The van der Waals surface area contributed by atoms with E-state index in [0.717, 1.165) is 11.8 Å². The van der Waals surface area contributed by atoms with Crippen LogP contribution in [0.15, 0.2) is 12.1 Å². The number of benzene rings is 1. The van der Waals surface area contributed by atoms with Crippen molar-refractivity contribution in [2.45, 2.75) is 82.5 Å². The molecule has 0 aromatic heterocycles. The zero-order valence-corrected chi connectivity index (χ0v) is 15.2. The molecule has 0 aliphatic heterocycles. The molecule has 0 unspecified atom stereocenters. The van der Waals surface area contributed by atoms with Gasteiger partial charge in [0, 0.05) is 5.33 Å². The normalized spacial score (nSPS) is 21.1. The summed E-state index contributed by atoms with van der Waals surface area (Å²) < 4.78 is 0. The van der Waals surface area contributed by atoms with Crippen molar-refractivity contribution in [2.24, 2.45) is 0 Å². The van der Waals surface area contributed by atoms with Crippen LogP contribution in [0.4, 0.5) is 0 Å². The van der Waals surface area contributed by atoms with Gasteiger partial charge in [-0.15, -0.1) is 0 Å². The van der Waals surface area contributed by atoms with Gasteiger partial charge in [-0.3, -0.25) is 0 Å². The molecule has 122 valence electrons. The molecule has 1 N–H and O–H groups in total. The Bertz CT molecular complexity index is 445. The summed E-state index contributed by atoms with van der Waals surface area (Å²) in [7, 11) is 0. The lowest BCUT2D eigenvalue weighted by Crippen LogP contribution is -2.10. The summed E-state index contributed by atoms with van der Waals surface area (Å²) >= 11 is 3.58. The lowest BCUT2D eigenvalue weighted by Gasteiger charge is -2.28. The fourth-order valence-electron chi connectivity index (χ4n) is 4.45. The minimum atomic E-state index is 0.589. The van der Waals surface area contributed by atoms with E-state index >= 15 is 0 Å². The van der Waals surface area contributed by atoms with E-state index in [1.165, 1.54) is 80.9 Å². The number of hydrogen-bond donors (Lipinski definition) is 1. The minimum Gasteiger partial charge on any atom is -0.507 e. The van der Waals surface area contributed by atoms with Crippen LogP contribution in [0.2, 0.25) is 0 Å². The number of rotatable bonds is 4. The van der Waals surface area contributed by atoms with Crippen molar-refractivity contribution < 1.29 is 5.11 Å². The third-order valence-electron chi connectivity index (χ3n) is 5.70. The highest BCUT2D eigenvalue weighted by Crippen LogP contribution is 2.44. The molecule has 0 radical (unpaired) electrons. The molecule has 2 fully saturated rings. The summed E-state index contributed by atoms with van der Waals surface area (Å²) in [4.78, 5) is 0. The van der Waals surface area contributed by atoms with Gasteiger partial charge in [-0.05, 0) is 60.6 Å². The van der Waals surface area contributed by atoms with E-state index in [0.29, 0.717) is 17.6 Å². The Labute approximate surface area is 143 Å². The number of phenolic OH excluding ortho intramolecular Hbond substituents is 1. The number of hydrogen-bond acceptors (Lipinski definition) is 1. The van der Waals surface area contributed by atoms with Crippen LogP contribution in [0.25, 0.3) is 0 Å². The number of alkyl halides is 1. The summed E-state index contributed by atoms with van der Waals surface area (Å²) in [6.07, 6.45) is 14.1. The molecule has 2 aliphatic rings. The summed E-state index contributed by atoms with van der Waals surface area (Å²) in [6, 6.07) is 4.61. The van der Waals surface area contributed by atoms with Crippen molar-refractivity contribution in [3.63, 3.8) is 0 Å². The minimum absolute atomic E-state index is 0.589. The topological polar surface area (TPSA) is 20.2 Å². The highest BCUT2D eigenvalue weighted by atomic mass is 79.9. The van der Waals surface area contributed by atoms with Crippen LogP contribution >= 0.6 is 15.9 Å². The van der Waals surface area contributed by atoms with E-state index in [1.807, 2.05) is 0 Å². The molecule has 2 aliphatic carbocycles. The second-order valence-electron chi connectivity index (χ2n) is 7.23. The maximum absolute atomic E-state index is 11.0. The van der Waals surface area contributed by atoms with Gasteiger partial charge in [0.15, 0.2) is 0 Å². The average molecular weight is 365 g/mol. The first-order valence-corrected chi connectivity index (χ1v) is 10.3. The first-order chi connectivity index (χ1) is 10.8. The van der Waals surface area contributed by atoms with Crippen molar-refractivity contribution >= 4 is 15.9 Å². The van der Waals surface area contributed by atoms with E-state index in [-0.39, 0.29) is 0 Å². The molecule has 0 heterocycles. The number of aryl methyl sites for hydroxylation is 1. The molecular formula is C20H29BrO. The first kappa shape index (κ1) is 16.4. The van der Waals surface area contributed by atoms with Gasteiger partial charge in [-0.25, -0.2) is 0 Å². The van der Waals surface area contributed by atoms with Crippen molar-refractivity contribution in [3.8, 4) is 5.75 Å². The molecule has 0 bridgehead atoms. The van der Waals surface area contributed by atoms with Crippen molar-refractivity contribution in [3.05, 3.63) is 28.8 Å². The molecule has 1 nitrogen and oxygen atoms in total. The quantitative estimate of drug-likeness (QED) is 0.610. The number of halogens is 1. The molecule has 2 saturated carbocycles. The van der Waals surface area contributed by atoms with Crippen molar-refractivity contribution in [1.82, 2.24) is 0 Å². The molecule has 1 aromatic rings. The summed E-state index contributed by atoms with van der Waals surface area (Å²) in [6.45, 7) is 0. The van der Waals surface area contributed by atoms with E-state index in [1.54, 1.807) is 0 Å². The van der Waals surface area contributed by atoms with Gasteiger partial charge in [-0.2, -0.15) is 0 Å². The molecule has 1 aromatic carbocycles. The molecule has 22 heavy (non-hydrogen) atoms. The van der Waals surface area contributed by atoms with E-state index in [2.05, 4.69) is 28.1 Å². The van der Waals surface area contributed by atoms with E-state index in [9.17, 15) is 5.11 Å². The van der Waals surface area contributed by atoms with Crippen LogP contribution in [-0.4, -0.2) is 10.4 Å². The van der Waals surface area contributed by atoms with Crippen LogP contribution < -0.4 is 0 Å². The zero-order chi connectivity index (χ0) is 15.4. The van der Waals surface area contributed by atoms with Crippen LogP contribution in [0.1, 0.15) is 92.7 Å². The third-order valence-corrected chi connectivity index (χ3v) is 6.10. The third kappa shape index (κ3) is 3.69. The molecule has 0 amide bonds. The predicted octanol–water partition coefficient (Wildman–Crippen LogP) is 6.43. The fourth-order valence-corrected chi connectivity index (χ4v) is 4.91. The fraction of sp³-hybridized carbons (Fsp3) is 0.700. The number of phenols is 1. The molecule has 0 atom stereocenters. The lowest BCUT2D eigenvalue weighted by molar-refractivity contribution is 0.392. The average Bonchev–Trinajstić information content (AvgIpc) is 2.58. The Kier molecular flexibility index (Phi) is 5.84. The molecule has 3 rings (SSSR count). The maximum Gasteiger partial charge on any atom is 0.122 e. The lowest BCUT2D eigenvalue weighted by atomic mass is 9.78. The highest BCUT2D eigenvalue weighted by Gasteiger charge is 2.25. The van der Waals surface area contributed by atoms with Crippen LogP contribution in [-0.2, 0) is 6.42 Å². The van der Waals surface area contributed by atoms with Gasteiger partial charge in [0.2, 0.25) is 0 Å². The van der Waals surface area contributed by atoms with E-state index < -0.39 is 0 Å². The van der Waals surface area contributed by atoms with Gasteiger partial charge >= 0.3 is 0 Å². The molecule has 2 heteroatoms. The standard InChI is InChI=1S/C20H29BrO/c21-12-11-15-13-18(16-7-3-1-4-8-16)20(22)19(14-15)17-9-5-2-6-10-17/h13-14,16-17,22H,1-12H2. The van der Waals surface area contributed by atoms with Gasteiger partial charge < -0.3 is 5.11 Å². The predicted molar refractivity (Wildman–Crippen MR) is 97.3 cm³/mol. The maximum atomic E-state index is 11.0. The Balaban J connectivity index is 1.94. The Morgan fingerprint density at radius 3 is 1.68 bits per heavy atom. The monoisotopic (exact) mass is 364 g/mol. The highest BCUT2D eigenvalue weighted by molar-refractivity contribution is 9.09. The summed E-state index contributed by atoms with van der Waals surface area (Å²) in [5, 5.41) is 12.0. The van der Waals surface area contributed by atoms with Crippen LogP contribution in [0, 0.1) is 0 Å². The zero-order valence-electron chi connectivity index (χ0n) is 13.6. The summed E-state index contributed by atoms with van der Waals surface area (Å²) in [5.41, 5.74) is 3.94. The second-order valence-corrected chi connectivity index (χ2v) is 8.02. The van der Waals surface area contributed by atoms with Crippen LogP contribution in [0.5, 0.6) is 5.75 Å². The largest absolute Gasteiger partial charge is 0.507 e. The van der Waals surface area contributed by atoms with Crippen molar-refractivity contribution in [1.29, 1.82) is 0 Å². The van der Waals surface area contributed by atoms with Gasteiger partial charge in [0.05, 0.1) is 0 Å². The number of aromatic hydroxyl groups is 1. The molecule has 0 spiro atoms. The van der Waals surface area contributed by atoms with E-state index in [4.69, 9.17) is 0 Å². The van der Waals surface area contributed by atoms with Crippen molar-refractivity contribution in [2.75, 3.05) is 5.33 Å². The van der Waals surface area contributed by atoms with Gasteiger partial charge in [0.25, 0.3) is 0 Å². The first-order valence-electron chi connectivity index (χ1n) is 9.21. The molecular weight excluding hydrogens is 336 g/mol. The Hall–Kier alpha value is -0.500. The molecule has 0 saturated heterocycles. The van der Waals surface area contributed by atoms with Crippen LogP contribution in [0.3, 0.4) is 0 Å². The Morgan fingerprint density at radius 2 is 1.27 bits per heavy atom. The second kappa shape index (κ2) is 7.86. The van der Waals surface area contributed by atoms with Gasteiger partial charge in [-0.1, -0.05) is 66.6 Å². The van der Waals surface area contributed by atoms with Gasteiger partial charge in [0.1, 0.15) is 5.75 Å². The Morgan fingerprint density at radius 1 is 0.818 bits per heavy atom. The SMILES string of the molecule is Oc1c(C2CCCCC2)cc(CCBr)cc1C1CCCCC1.